The van der Waals surface area contributed by atoms with Gasteiger partial charge in [0.2, 0.25) is 0 Å². The van der Waals surface area contributed by atoms with Crippen LogP contribution in [0.15, 0.2) is 106 Å². The minimum absolute atomic E-state index is 0.0151. The molecule has 2 aromatic heterocycles. The number of benzene rings is 2. The Morgan fingerprint density at radius 1 is 1.03 bits per heavy atom. The molecule has 12 heteroatoms. The van der Waals surface area contributed by atoms with E-state index in [1.54, 1.807) is 54.6 Å². The van der Waals surface area contributed by atoms with Gasteiger partial charge in [0.05, 0.1) is 16.0 Å². The Hall–Kier alpha value is -4.84. The van der Waals surface area contributed by atoms with Crippen LogP contribution >= 0.6 is 0 Å². The van der Waals surface area contributed by atoms with E-state index in [-0.39, 0.29) is 16.4 Å². The third kappa shape index (κ3) is 5.62. The van der Waals surface area contributed by atoms with Crippen LogP contribution in [0.3, 0.4) is 0 Å². The summed E-state index contributed by atoms with van der Waals surface area (Å²) < 4.78 is 32.9. The fourth-order valence-corrected chi connectivity index (χ4v) is 4.57. The first kappa shape index (κ1) is 24.3. The summed E-state index contributed by atoms with van der Waals surface area (Å²) >= 11 is 0. The largest absolute Gasteiger partial charge is 0.455 e. The maximum Gasteiger partial charge on any atom is 0.269 e. The third-order valence-corrected chi connectivity index (χ3v) is 6.66. The number of hydrogen-bond acceptors (Lipinski definition) is 8. The zero-order valence-electron chi connectivity index (χ0n) is 18.6. The zero-order chi connectivity index (χ0) is 25.5. The van der Waals surface area contributed by atoms with Crippen molar-refractivity contribution in [1.29, 1.82) is 0 Å². The highest BCUT2D eigenvalue weighted by molar-refractivity contribution is 7.92. The molecule has 4 rings (SSSR count). The highest BCUT2D eigenvalue weighted by Gasteiger charge is 2.27. The number of anilines is 1. The summed E-state index contributed by atoms with van der Waals surface area (Å²) in [5.41, 5.74) is 2.87. The quantitative estimate of drug-likeness (QED) is 0.208. The number of non-ortho nitro benzene ring substituents is 1. The maximum absolute atomic E-state index is 13.2. The lowest BCUT2D eigenvalue weighted by atomic mass is 10.1. The van der Waals surface area contributed by atoms with E-state index >= 15 is 0 Å². The molecule has 0 fully saturated rings. The standard InChI is InChI=1S/C24H19N5O6S/c30-24(17-28(23-8-4-5-15-25-23)36(33,34)21-6-2-1-3-7-21)27-26-16-20-13-14-22(35-20)18-9-11-19(12-10-18)29(31)32/h1-16H,17H2,(H,27,30)/b26-16-. The van der Waals surface area contributed by atoms with Crippen LogP contribution in [-0.2, 0) is 14.8 Å². The smallest absolute Gasteiger partial charge is 0.269 e. The molecule has 0 aliphatic rings. The number of pyridine rings is 1. The lowest BCUT2D eigenvalue weighted by Crippen LogP contribution is -2.40. The number of nitrogens with zero attached hydrogens (tertiary/aromatic N) is 4. The molecule has 1 N–H and O–H groups in total. The second-order valence-electron chi connectivity index (χ2n) is 7.31. The number of amides is 1. The lowest BCUT2D eigenvalue weighted by molar-refractivity contribution is -0.384. The molecule has 0 bridgehead atoms. The van der Waals surface area contributed by atoms with Crippen molar-refractivity contribution in [2.75, 3.05) is 10.8 Å². The van der Waals surface area contributed by atoms with Gasteiger partial charge < -0.3 is 4.42 Å². The lowest BCUT2D eigenvalue weighted by Gasteiger charge is -2.22. The molecule has 0 radical (unpaired) electrons. The van der Waals surface area contributed by atoms with E-state index in [0.29, 0.717) is 17.1 Å². The van der Waals surface area contributed by atoms with Gasteiger partial charge in [-0.1, -0.05) is 24.3 Å². The van der Waals surface area contributed by atoms with Crippen LogP contribution in [-0.4, -0.2) is 37.0 Å². The summed E-state index contributed by atoms with van der Waals surface area (Å²) in [6, 6.07) is 21.6. The van der Waals surface area contributed by atoms with Crippen molar-refractivity contribution < 1.29 is 22.6 Å². The molecule has 1 amide bonds. The van der Waals surface area contributed by atoms with Crippen LogP contribution in [0, 0.1) is 10.1 Å². The van der Waals surface area contributed by atoms with Gasteiger partial charge in [0.1, 0.15) is 23.9 Å². The summed E-state index contributed by atoms with van der Waals surface area (Å²) in [5, 5.41) is 14.6. The molecule has 0 saturated heterocycles. The Labute approximate surface area is 205 Å². The normalized spacial score (nSPS) is 11.3. The molecular weight excluding hydrogens is 486 g/mol. The molecule has 2 aromatic carbocycles. The van der Waals surface area contributed by atoms with Crippen LogP contribution in [0.4, 0.5) is 11.5 Å². The van der Waals surface area contributed by atoms with E-state index in [0.717, 1.165) is 4.31 Å². The summed E-state index contributed by atoms with van der Waals surface area (Å²) in [4.78, 5) is 27.0. The number of carbonyl (C=O) groups is 1. The van der Waals surface area contributed by atoms with Crippen molar-refractivity contribution in [3.8, 4) is 11.3 Å². The van der Waals surface area contributed by atoms with Crippen LogP contribution < -0.4 is 9.73 Å². The van der Waals surface area contributed by atoms with E-state index in [1.807, 2.05) is 0 Å². The highest BCUT2D eigenvalue weighted by atomic mass is 32.2. The minimum Gasteiger partial charge on any atom is -0.455 e. The van der Waals surface area contributed by atoms with Gasteiger partial charge in [0.25, 0.3) is 21.6 Å². The van der Waals surface area contributed by atoms with Crippen LogP contribution in [0.5, 0.6) is 0 Å². The Morgan fingerprint density at radius 2 is 1.75 bits per heavy atom. The van der Waals surface area contributed by atoms with E-state index in [4.69, 9.17) is 4.42 Å². The Kier molecular flexibility index (Phi) is 7.16. The molecule has 0 aliphatic heterocycles. The maximum atomic E-state index is 13.2. The van der Waals surface area contributed by atoms with Gasteiger partial charge in [-0.05, 0) is 48.5 Å². The van der Waals surface area contributed by atoms with Crippen LogP contribution in [0.2, 0.25) is 0 Å². The Bertz CT molecular complexity index is 1490. The first-order chi connectivity index (χ1) is 17.3. The zero-order valence-corrected chi connectivity index (χ0v) is 19.4. The van der Waals surface area contributed by atoms with Crippen molar-refractivity contribution in [2.24, 2.45) is 5.10 Å². The van der Waals surface area contributed by atoms with Gasteiger partial charge in [-0.15, -0.1) is 0 Å². The average Bonchev–Trinajstić information content (AvgIpc) is 3.37. The van der Waals surface area contributed by atoms with Gasteiger partial charge in [-0.25, -0.2) is 23.1 Å². The minimum atomic E-state index is -4.06. The van der Waals surface area contributed by atoms with Crippen LogP contribution in [0.1, 0.15) is 5.76 Å². The molecule has 0 unspecified atom stereocenters. The summed E-state index contributed by atoms with van der Waals surface area (Å²) in [5.74, 6) is 0.146. The Morgan fingerprint density at radius 3 is 2.42 bits per heavy atom. The van der Waals surface area contributed by atoms with Crippen molar-refractivity contribution in [3.05, 3.63) is 107 Å². The number of carbonyl (C=O) groups excluding carboxylic acids is 1. The fourth-order valence-electron chi connectivity index (χ4n) is 3.17. The summed E-state index contributed by atoms with van der Waals surface area (Å²) in [7, 11) is -4.06. The van der Waals surface area contributed by atoms with Gasteiger partial charge in [0.15, 0.2) is 0 Å². The Balaban J connectivity index is 1.45. The molecule has 11 nitrogen and oxygen atoms in total. The number of hydrazone groups is 1. The molecule has 2 heterocycles. The number of furan rings is 1. The average molecular weight is 506 g/mol. The monoisotopic (exact) mass is 505 g/mol. The second-order valence-corrected chi connectivity index (χ2v) is 9.17. The number of aromatic nitrogens is 1. The summed E-state index contributed by atoms with van der Waals surface area (Å²) in [6.07, 6.45) is 2.68. The van der Waals surface area contributed by atoms with E-state index in [1.165, 1.54) is 42.7 Å². The summed E-state index contributed by atoms with van der Waals surface area (Å²) in [6.45, 7) is -0.558. The highest BCUT2D eigenvalue weighted by Crippen LogP contribution is 2.24. The molecule has 182 valence electrons. The van der Waals surface area contributed by atoms with Gasteiger partial charge in [-0.3, -0.25) is 14.9 Å². The number of rotatable bonds is 9. The number of nitro groups is 1. The van der Waals surface area contributed by atoms with E-state index < -0.39 is 27.4 Å². The molecule has 0 saturated carbocycles. The van der Waals surface area contributed by atoms with Gasteiger partial charge >= 0.3 is 0 Å². The molecule has 4 aromatic rings. The third-order valence-electron chi connectivity index (χ3n) is 4.89. The van der Waals surface area contributed by atoms with Crippen molar-refractivity contribution in [3.63, 3.8) is 0 Å². The molecule has 0 atom stereocenters. The molecule has 0 spiro atoms. The number of hydrogen-bond donors (Lipinski definition) is 1. The van der Waals surface area contributed by atoms with Crippen molar-refractivity contribution in [2.45, 2.75) is 4.90 Å². The second kappa shape index (κ2) is 10.6. The van der Waals surface area contributed by atoms with Crippen LogP contribution in [0.25, 0.3) is 11.3 Å². The first-order valence-electron chi connectivity index (χ1n) is 10.5. The number of sulfonamides is 1. The number of nitrogens with one attached hydrogen (secondary N) is 1. The molecule has 0 aliphatic carbocycles. The van der Waals surface area contributed by atoms with Gasteiger partial charge in [0, 0.05) is 23.9 Å². The van der Waals surface area contributed by atoms with Crippen molar-refractivity contribution in [1.82, 2.24) is 10.4 Å². The fraction of sp³-hybridized carbons (Fsp3) is 0.0417. The molecule has 36 heavy (non-hydrogen) atoms. The predicted molar refractivity (Wildman–Crippen MR) is 132 cm³/mol. The SMILES string of the molecule is O=C(CN(c1ccccn1)S(=O)(=O)c1ccccc1)N/N=C\c1ccc(-c2ccc([N+](=O)[O-])cc2)o1. The number of nitro benzene ring substituents is 1. The first-order valence-corrected chi connectivity index (χ1v) is 11.9. The van der Waals surface area contributed by atoms with E-state index in [9.17, 15) is 23.3 Å². The van der Waals surface area contributed by atoms with Gasteiger partial charge in [-0.2, -0.15) is 5.10 Å². The van der Waals surface area contributed by atoms with E-state index in [2.05, 4.69) is 15.5 Å². The topological polar surface area (TPSA) is 148 Å². The molecular formula is C24H19N5O6S. The predicted octanol–water partition coefficient (Wildman–Crippen LogP) is 3.60. The van der Waals surface area contributed by atoms with Crippen molar-refractivity contribution >= 4 is 33.7 Å².